The molecular formula is C14H21BrN2O. The van der Waals surface area contributed by atoms with Crippen LogP contribution >= 0.6 is 15.9 Å². The molecule has 100 valence electrons. The van der Waals surface area contributed by atoms with Gasteiger partial charge in [0.15, 0.2) is 0 Å². The molecule has 1 rings (SSSR count). The number of carbonyl (C=O) groups excluding carboxylic acids is 1. The number of unbranched alkanes of at least 4 members (excludes halogenated alkanes) is 1. The highest BCUT2D eigenvalue weighted by atomic mass is 79.9. The van der Waals surface area contributed by atoms with Crippen LogP contribution in [0.3, 0.4) is 0 Å². The van der Waals surface area contributed by atoms with E-state index in [-0.39, 0.29) is 11.9 Å². The van der Waals surface area contributed by atoms with Gasteiger partial charge in [0.1, 0.15) is 0 Å². The average Bonchev–Trinajstić information content (AvgIpc) is 2.36. The van der Waals surface area contributed by atoms with Crippen LogP contribution in [-0.4, -0.2) is 11.9 Å². The molecule has 0 aliphatic heterocycles. The maximum atomic E-state index is 11.9. The molecule has 0 aliphatic rings. The van der Waals surface area contributed by atoms with E-state index in [4.69, 9.17) is 5.73 Å². The summed E-state index contributed by atoms with van der Waals surface area (Å²) < 4.78 is 1.000. The van der Waals surface area contributed by atoms with Gasteiger partial charge >= 0.3 is 0 Å². The Bertz CT molecular complexity index is 395. The van der Waals surface area contributed by atoms with E-state index in [1.807, 2.05) is 31.2 Å². The average molecular weight is 313 g/mol. The zero-order chi connectivity index (χ0) is 13.5. The van der Waals surface area contributed by atoms with Gasteiger partial charge in [0.25, 0.3) is 0 Å². The van der Waals surface area contributed by atoms with Crippen molar-refractivity contribution >= 4 is 21.8 Å². The number of halogens is 1. The van der Waals surface area contributed by atoms with E-state index in [1.54, 1.807) is 0 Å². The van der Waals surface area contributed by atoms with Crippen LogP contribution < -0.4 is 11.1 Å². The van der Waals surface area contributed by atoms with Crippen LogP contribution in [0.1, 0.15) is 44.7 Å². The summed E-state index contributed by atoms with van der Waals surface area (Å²) >= 11 is 3.48. The van der Waals surface area contributed by atoms with Crippen LogP contribution in [0.15, 0.2) is 28.7 Å². The first-order valence-corrected chi connectivity index (χ1v) is 7.16. The summed E-state index contributed by atoms with van der Waals surface area (Å²) in [6.07, 6.45) is 2.78. The van der Waals surface area contributed by atoms with Crippen molar-refractivity contribution in [2.45, 2.75) is 45.2 Å². The van der Waals surface area contributed by atoms with Gasteiger partial charge in [-0.15, -0.1) is 0 Å². The van der Waals surface area contributed by atoms with E-state index in [0.29, 0.717) is 0 Å². The van der Waals surface area contributed by atoms with Crippen molar-refractivity contribution < 1.29 is 4.79 Å². The summed E-state index contributed by atoms with van der Waals surface area (Å²) in [7, 11) is 0. The molecule has 1 aromatic rings. The van der Waals surface area contributed by atoms with Gasteiger partial charge in [0.05, 0.1) is 12.1 Å². The molecule has 0 radical (unpaired) electrons. The highest BCUT2D eigenvalue weighted by Crippen LogP contribution is 2.22. The fourth-order valence-corrected chi connectivity index (χ4v) is 2.41. The number of benzene rings is 1. The molecule has 1 amide bonds. The third-order valence-electron chi connectivity index (χ3n) is 2.94. The summed E-state index contributed by atoms with van der Waals surface area (Å²) in [6.45, 7) is 4.05. The topological polar surface area (TPSA) is 55.1 Å². The Morgan fingerprint density at radius 2 is 2.11 bits per heavy atom. The van der Waals surface area contributed by atoms with Gasteiger partial charge in [-0.3, -0.25) is 4.79 Å². The third-order valence-corrected chi connectivity index (χ3v) is 3.66. The van der Waals surface area contributed by atoms with Crippen molar-refractivity contribution in [2.24, 2.45) is 5.73 Å². The summed E-state index contributed by atoms with van der Waals surface area (Å²) in [5, 5.41) is 2.95. The zero-order valence-corrected chi connectivity index (χ0v) is 12.5. The molecule has 0 heterocycles. The fraction of sp³-hybridized carbons (Fsp3) is 0.500. The Balaban J connectivity index is 2.57. The molecule has 3 N–H and O–H groups in total. The number of hydrogen-bond donors (Lipinski definition) is 2. The number of carbonyl (C=O) groups is 1. The van der Waals surface area contributed by atoms with E-state index in [1.165, 1.54) is 0 Å². The Kier molecular flexibility index (Phi) is 6.36. The normalized spacial score (nSPS) is 14.0. The van der Waals surface area contributed by atoms with Crippen molar-refractivity contribution in [1.82, 2.24) is 5.32 Å². The van der Waals surface area contributed by atoms with Crippen molar-refractivity contribution in [3.05, 3.63) is 34.3 Å². The smallest absolute Gasteiger partial charge is 0.237 e. The predicted molar refractivity (Wildman–Crippen MR) is 78.2 cm³/mol. The molecule has 1 aromatic carbocycles. The second-order valence-corrected chi connectivity index (χ2v) is 5.35. The summed E-state index contributed by atoms with van der Waals surface area (Å²) in [6, 6.07) is 7.42. The first-order chi connectivity index (χ1) is 8.56. The third kappa shape index (κ3) is 4.42. The lowest BCUT2D eigenvalue weighted by Gasteiger charge is -2.18. The van der Waals surface area contributed by atoms with Crippen LogP contribution in [0.25, 0.3) is 0 Å². The largest absolute Gasteiger partial charge is 0.348 e. The molecule has 0 bridgehead atoms. The van der Waals surface area contributed by atoms with E-state index >= 15 is 0 Å². The zero-order valence-electron chi connectivity index (χ0n) is 10.9. The summed E-state index contributed by atoms with van der Waals surface area (Å²) in [4.78, 5) is 11.9. The maximum Gasteiger partial charge on any atom is 0.237 e. The minimum atomic E-state index is -0.408. The monoisotopic (exact) mass is 312 g/mol. The van der Waals surface area contributed by atoms with E-state index in [0.717, 1.165) is 29.3 Å². The SMILES string of the molecule is CCCCC(N)C(=O)N[C@@H](C)c1ccccc1Br. The van der Waals surface area contributed by atoms with Crippen LogP contribution in [0.4, 0.5) is 0 Å². The lowest BCUT2D eigenvalue weighted by atomic mass is 10.1. The van der Waals surface area contributed by atoms with E-state index < -0.39 is 6.04 Å². The predicted octanol–water partition coefficient (Wildman–Crippen LogP) is 3.14. The Labute approximate surface area is 117 Å². The molecule has 18 heavy (non-hydrogen) atoms. The molecule has 0 fully saturated rings. The first kappa shape index (κ1) is 15.2. The molecule has 0 spiro atoms. The van der Waals surface area contributed by atoms with Crippen molar-refractivity contribution in [3.63, 3.8) is 0 Å². The quantitative estimate of drug-likeness (QED) is 0.847. The van der Waals surface area contributed by atoms with Gasteiger partial charge in [-0.1, -0.05) is 53.9 Å². The van der Waals surface area contributed by atoms with E-state index in [2.05, 4.69) is 28.2 Å². The molecular weight excluding hydrogens is 292 g/mol. The lowest BCUT2D eigenvalue weighted by Crippen LogP contribution is -2.41. The van der Waals surface area contributed by atoms with Crippen molar-refractivity contribution in [2.75, 3.05) is 0 Å². The van der Waals surface area contributed by atoms with Gasteiger partial charge in [0.2, 0.25) is 5.91 Å². The molecule has 0 aliphatic carbocycles. The Morgan fingerprint density at radius 1 is 1.44 bits per heavy atom. The summed E-state index contributed by atoms with van der Waals surface area (Å²) in [5.74, 6) is -0.0771. The molecule has 1 unspecified atom stereocenters. The first-order valence-electron chi connectivity index (χ1n) is 6.36. The number of hydrogen-bond acceptors (Lipinski definition) is 2. The molecule has 0 saturated carbocycles. The van der Waals surface area contributed by atoms with Gasteiger partial charge in [-0.2, -0.15) is 0 Å². The number of rotatable bonds is 6. The van der Waals surface area contributed by atoms with Gasteiger partial charge in [0, 0.05) is 4.47 Å². The fourth-order valence-electron chi connectivity index (χ4n) is 1.78. The van der Waals surface area contributed by atoms with Crippen LogP contribution in [0.5, 0.6) is 0 Å². The Morgan fingerprint density at radius 3 is 2.72 bits per heavy atom. The highest BCUT2D eigenvalue weighted by Gasteiger charge is 2.17. The molecule has 0 saturated heterocycles. The van der Waals surface area contributed by atoms with Crippen LogP contribution in [0, 0.1) is 0 Å². The van der Waals surface area contributed by atoms with Crippen LogP contribution in [0.2, 0.25) is 0 Å². The molecule has 4 heteroatoms. The van der Waals surface area contributed by atoms with Gasteiger partial charge in [-0.05, 0) is 25.0 Å². The lowest BCUT2D eigenvalue weighted by molar-refractivity contribution is -0.123. The second-order valence-electron chi connectivity index (χ2n) is 4.50. The minimum Gasteiger partial charge on any atom is -0.348 e. The van der Waals surface area contributed by atoms with E-state index in [9.17, 15) is 4.79 Å². The Hall–Kier alpha value is -0.870. The second kappa shape index (κ2) is 7.54. The molecule has 2 atom stereocenters. The van der Waals surface area contributed by atoms with Crippen molar-refractivity contribution in [1.29, 1.82) is 0 Å². The minimum absolute atomic E-state index is 0.0410. The van der Waals surface area contributed by atoms with Crippen molar-refractivity contribution in [3.8, 4) is 0 Å². The number of nitrogens with one attached hydrogen (secondary N) is 1. The maximum absolute atomic E-state index is 11.9. The van der Waals surface area contributed by atoms with Gasteiger partial charge < -0.3 is 11.1 Å². The highest BCUT2D eigenvalue weighted by molar-refractivity contribution is 9.10. The van der Waals surface area contributed by atoms with Gasteiger partial charge in [-0.25, -0.2) is 0 Å². The number of nitrogens with two attached hydrogens (primary N) is 1. The molecule has 0 aromatic heterocycles. The summed E-state index contributed by atoms with van der Waals surface area (Å²) in [5.41, 5.74) is 6.91. The molecule has 3 nitrogen and oxygen atoms in total. The number of amides is 1. The standard InChI is InChI=1S/C14H21BrN2O/c1-3-4-9-13(16)14(18)17-10(2)11-7-5-6-8-12(11)15/h5-8,10,13H,3-4,9,16H2,1-2H3,(H,17,18)/t10-,13?/m0/s1. The van der Waals surface area contributed by atoms with Crippen LogP contribution in [-0.2, 0) is 4.79 Å².